The third-order valence-electron chi connectivity index (χ3n) is 0.347. The van der Waals surface area contributed by atoms with Crippen molar-refractivity contribution in [3.63, 3.8) is 0 Å². The van der Waals surface area contributed by atoms with E-state index in [9.17, 15) is 0 Å². The molecule has 0 aliphatic rings. The summed E-state index contributed by atoms with van der Waals surface area (Å²) >= 11 is 1.60. The minimum absolute atomic E-state index is 0. The average molecular weight is 86.1 g/mol. The lowest BCUT2D eigenvalue weighted by atomic mass is 11.0. The molecule has 27 valence electrons. The molecule has 1 radical (unpaired) electrons. The van der Waals surface area contributed by atoms with Crippen LogP contribution >= 0.6 is 11.3 Å². The fourth-order valence-electron chi connectivity index (χ4n) is 0.176. The number of aromatic nitrogens is 1. The van der Waals surface area contributed by atoms with Gasteiger partial charge in [0.05, 0.1) is 5.51 Å². The van der Waals surface area contributed by atoms with Gasteiger partial charge in [0.15, 0.2) is 0 Å². The normalized spacial score (nSPS) is 8.00. The highest BCUT2D eigenvalue weighted by molar-refractivity contribution is 7.07. The fourth-order valence-corrected chi connectivity index (χ4v) is 0.527. The Hall–Kier alpha value is -0.370. The molecule has 1 rings (SSSR count). The zero-order valence-electron chi connectivity index (χ0n) is 3.59. The first kappa shape index (κ1) is 2.85. The molecule has 0 unspecified atom stereocenters. The topological polar surface area (TPSA) is 12.9 Å². The van der Waals surface area contributed by atoms with E-state index in [1.165, 1.54) is 0 Å². The Bertz CT molecular complexity index is 67.3. The predicted octanol–water partition coefficient (Wildman–Crippen LogP) is 1.26. The van der Waals surface area contributed by atoms with Gasteiger partial charge in [-0.2, -0.15) is 0 Å². The Balaban J connectivity index is 0.000000250. The second-order valence-corrected chi connectivity index (χ2v) is 1.43. The van der Waals surface area contributed by atoms with Crippen LogP contribution in [0.2, 0.25) is 0 Å². The number of hydrogen-bond acceptors (Lipinski definition) is 2. The third-order valence-corrected chi connectivity index (χ3v) is 0.869. The van der Waals surface area contributed by atoms with Gasteiger partial charge >= 0.3 is 0 Å². The summed E-state index contributed by atoms with van der Waals surface area (Å²) in [6.45, 7) is 0. The van der Waals surface area contributed by atoms with E-state index in [2.05, 4.69) is 4.98 Å². The Morgan fingerprint density at radius 2 is 2.80 bits per heavy atom. The molecule has 2 heteroatoms. The molecule has 0 aliphatic carbocycles. The smallest absolute Gasteiger partial charge is 0.0791 e. The minimum Gasteiger partial charge on any atom is -0.253 e. The molecule has 5 heavy (non-hydrogen) atoms. The van der Waals surface area contributed by atoms with E-state index in [1.807, 2.05) is 5.38 Å². The summed E-state index contributed by atoms with van der Waals surface area (Å²) in [5.41, 5.74) is 1.79. The monoisotopic (exact) mass is 86.0 g/mol. The fraction of sp³-hybridized carbons (Fsp3) is 0. The molecule has 1 aromatic rings. The molecule has 1 aromatic heterocycles. The van der Waals surface area contributed by atoms with E-state index in [1.54, 1.807) is 23.0 Å². The Morgan fingerprint density at radius 3 is 3.00 bits per heavy atom. The standard InChI is InChI=1S/C3H3NS.H/c1-2-5-3-4-1;/h1-3H;. The van der Waals surface area contributed by atoms with E-state index in [0.29, 0.717) is 0 Å². The first-order valence-electron chi connectivity index (χ1n) is 1.32. The molecule has 0 saturated carbocycles. The summed E-state index contributed by atoms with van der Waals surface area (Å²) < 4.78 is 0. The lowest BCUT2D eigenvalue weighted by Gasteiger charge is -1.41. The SMILES string of the molecule is [H].c1cscn1. The summed E-state index contributed by atoms with van der Waals surface area (Å²) in [6.07, 6.45) is 1.77. The number of thiazole rings is 1. The van der Waals surface area contributed by atoms with Crippen molar-refractivity contribution in [3.05, 3.63) is 17.1 Å². The van der Waals surface area contributed by atoms with Gasteiger partial charge in [-0.1, -0.05) is 0 Å². The average Bonchev–Trinajstić information content (AvgIpc) is 1.76. The lowest BCUT2D eigenvalue weighted by molar-refractivity contribution is 1.43. The minimum atomic E-state index is 0. The van der Waals surface area contributed by atoms with E-state index in [0.717, 1.165) is 0 Å². The van der Waals surface area contributed by atoms with E-state index in [4.69, 9.17) is 0 Å². The molecule has 0 fully saturated rings. The van der Waals surface area contributed by atoms with Crippen molar-refractivity contribution in [2.75, 3.05) is 0 Å². The van der Waals surface area contributed by atoms with Gasteiger partial charge in [0.2, 0.25) is 0 Å². The maximum Gasteiger partial charge on any atom is 0.0791 e. The molecule has 0 spiro atoms. The van der Waals surface area contributed by atoms with Crippen LogP contribution in [0.15, 0.2) is 17.1 Å². The van der Waals surface area contributed by atoms with Gasteiger partial charge in [-0.15, -0.1) is 11.3 Å². The highest BCUT2D eigenvalue weighted by atomic mass is 32.1. The van der Waals surface area contributed by atoms with Gasteiger partial charge in [-0.05, 0) is 0 Å². The zero-order valence-corrected chi connectivity index (χ0v) is 3.40. The molecule has 0 saturated heterocycles. The number of rotatable bonds is 0. The van der Waals surface area contributed by atoms with Crippen LogP contribution in [0.3, 0.4) is 0 Å². The van der Waals surface area contributed by atoms with Crippen LogP contribution in [-0.4, -0.2) is 4.98 Å². The highest BCUT2D eigenvalue weighted by Crippen LogP contribution is 1.85. The lowest BCUT2D eigenvalue weighted by Crippen LogP contribution is -1.38. The van der Waals surface area contributed by atoms with Crippen LogP contribution in [0.4, 0.5) is 0 Å². The molecule has 0 aromatic carbocycles. The maximum absolute atomic E-state index is 3.74. The van der Waals surface area contributed by atoms with Crippen LogP contribution in [0, 0.1) is 0 Å². The molecule has 0 amide bonds. The third kappa shape index (κ3) is 0.450. The first-order valence-corrected chi connectivity index (χ1v) is 2.26. The van der Waals surface area contributed by atoms with Crippen molar-refractivity contribution < 1.29 is 1.43 Å². The summed E-state index contributed by atoms with van der Waals surface area (Å²) in [5.74, 6) is 0. The molecule has 1 heterocycles. The first-order chi connectivity index (χ1) is 2.50. The molecule has 0 aliphatic heterocycles. The van der Waals surface area contributed by atoms with Crippen LogP contribution in [0.5, 0.6) is 0 Å². The van der Waals surface area contributed by atoms with Crippen LogP contribution in [0.1, 0.15) is 1.43 Å². The predicted molar refractivity (Wildman–Crippen MR) is 23.2 cm³/mol. The zero-order chi connectivity index (χ0) is 3.54. The van der Waals surface area contributed by atoms with Gasteiger partial charge in [0.25, 0.3) is 0 Å². The highest BCUT2D eigenvalue weighted by Gasteiger charge is 1.59. The van der Waals surface area contributed by atoms with Crippen LogP contribution < -0.4 is 0 Å². The van der Waals surface area contributed by atoms with Gasteiger partial charge in [-0.25, -0.2) is 0 Å². The molecular formula is C3H4NS. The Kier molecular flexibility index (Phi) is 0.667. The molecule has 0 atom stereocenters. The summed E-state index contributed by atoms with van der Waals surface area (Å²) in [4.78, 5) is 3.74. The second-order valence-electron chi connectivity index (χ2n) is 0.676. The van der Waals surface area contributed by atoms with Gasteiger partial charge in [-0.3, -0.25) is 4.98 Å². The number of nitrogens with zero attached hydrogens (tertiary/aromatic N) is 1. The van der Waals surface area contributed by atoms with Crippen molar-refractivity contribution >= 4 is 11.3 Å². The Morgan fingerprint density at radius 1 is 1.80 bits per heavy atom. The van der Waals surface area contributed by atoms with Crippen molar-refractivity contribution in [2.24, 2.45) is 0 Å². The van der Waals surface area contributed by atoms with Crippen molar-refractivity contribution in [1.29, 1.82) is 0 Å². The largest absolute Gasteiger partial charge is 0.253 e. The van der Waals surface area contributed by atoms with Crippen molar-refractivity contribution in [2.45, 2.75) is 0 Å². The van der Waals surface area contributed by atoms with Crippen molar-refractivity contribution in [3.8, 4) is 0 Å². The number of hydrogen-bond donors (Lipinski definition) is 0. The van der Waals surface area contributed by atoms with E-state index < -0.39 is 0 Å². The summed E-state index contributed by atoms with van der Waals surface area (Å²) in [5, 5.41) is 1.93. The van der Waals surface area contributed by atoms with Gasteiger partial charge in [0, 0.05) is 13.0 Å². The Labute approximate surface area is 35.8 Å². The van der Waals surface area contributed by atoms with Crippen LogP contribution in [0.25, 0.3) is 0 Å². The second kappa shape index (κ2) is 1.17. The molecule has 1 nitrogen and oxygen atoms in total. The summed E-state index contributed by atoms with van der Waals surface area (Å²) in [6, 6.07) is 0. The van der Waals surface area contributed by atoms with Gasteiger partial charge in [0.1, 0.15) is 0 Å². The molecule has 0 bridgehead atoms. The quantitative estimate of drug-likeness (QED) is 0.463. The van der Waals surface area contributed by atoms with E-state index in [-0.39, 0.29) is 1.43 Å². The van der Waals surface area contributed by atoms with Crippen LogP contribution in [-0.2, 0) is 0 Å². The van der Waals surface area contributed by atoms with Gasteiger partial charge < -0.3 is 0 Å². The summed E-state index contributed by atoms with van der Waals surface area (Å²) in [7, 11) is 0. The van der Waals surface area contributed by atoms with E-state index >= 15 is 0 Å². The van der Waals surface area contributed by atoms with Crippen molar-refractivity contribution in [1.82, 2.24) is 4.98 Å². The molecular weight excluding hydrogens is 82.1 g/mol. The maximum atomic E-state index is 3.74. The molecule has 0 N–H and O–H groups in total.